The average molecular weight is 552 g/mol. The maximum Gasteiger partial charge on any atom is 0.522 e. The summed E-state index contributed by atoms with van der Waals surface area (Å²) in [7, 11) is -11.7. The van der Waals surface area contributed by atoms with Gasteiger partial charge in [0.05, 0.1) is 0 Å². The molecule has 17 N–H and O–H groups in total. The number of hydrogen-bond acceptors (Lipinski definition) is 9. The molecule has 0 aromatic carbocycles. The Morgan fingerprint density at radius 3 is 0.815 bits per heavy atom. The van der Waals surface area contributed by atoms with Gasteiger partial charge in [-0.05, 0) is 6.42 Å². The molecule has 11 nitrogen and oxygen atoms in total. The molecule has 174 valence electrons. The first kappa shape index (κ1) is 50.3. The number of allylic oxidation sites excluding steroid dienone is 4. The molecule has 0 fully saturated rings. The Hall–Kier alpha value is -0.697. The predicted octanol–water partition coefficient (Wildman–Crippen LogP) is 3.10. The van der Waals surface area contributed by atoms with Crippen molar-refractivity contribution < 1.29 is 71.8 Å². The van der Waals surface area contributed by atoms with Crippen LogP contribution in [0.4, 0.5) is 26.3 Å². The zero-order valence-corrected chi connectivity index (χ0v) is 16.9. The smallest absolute Gasteiger partial charge is 0.344 e. The van der Waals surface area contributed by atoms with E-state index >= 15 is 0 Å². The minimum atomic E-state index is -5.84. The van der Waals surface area contributed by atoms with E-state index in [0.717, 1.165) is 6.42 Å². The van der Waals surface area contributed by atoms with Crippen LogP contribution in [-0.4, -0.2) is 37.0 Å². The van der Waals surface area contributed by atoms with Crippen LogP contribution in [0.2, 0.25) is 0 Å². The second-order valence-corrected chi connectivity index (χ2v) is 5.76. The van der Waals surface area contributed by atoms with Gasteiger partial charge in [-0.3, -0.25) is 9.11 Å². The van der Waals surface area contributed by atoms with Crippen LogP contribution in [0, 0.1) is 0 Å². The van der Waals surface area contributed by atoms with Crippen LogP contribution in [0.5, 0.6) is 0 Å². The molecule has 0 bridgehead atoms. The quantitative estimate of drug-likeness (QED) is 0.0991. The van der Waals surface area contributed by atoms with Crippen LogP contribution in [0.25, 0.3) is 0 Å². The summed E-state index contributed by atoms with van der Waals surface area (Å²) in [6.07, 6.45) is 9.50. The molecule has 1 aliphatic rings. The predicted molar refractivity (Wildman–Crippen MR) is 83.2 cm³/mol. The summed E-state index contributed by atoms with van der Waals surface area (Å²) in [4.78, 5) is 0. The van der Waals surface area contributed by atoms with Crippen molar-refractivity contribution in [3.63, 3.8) is 0 Å². The van der Waals surface area contributed by atoms with E-state index in [0.29, 0.717) is 0 Å². The molecule has 0 radical (unpaired) electrons. The maximum atomic E-state index is 10.7. The van der Waals surface area contributed by atoms with Crippen LogP contribution >= 0.6 is 0 Å². The van der Waals surface area contributed by atoms with E-state index in [2.05, 4.69) is 24.3 Å². The average Bonchev–Trinajstić information content (AvgIpc) is 2.68. The first-order chi connectivity index (χ1) is 9.00. The zero-order chi connectivity index (χ0) is 17.5. The van der Waals surface area contributed by atoms with E-state index in [4.69, 9.17) is 25.9 Å². The third kappa shape index (κ3) is 27.6. The fourth-order valence-electron chi connectivity index (χ4n) is 0.393. The molecule has 0 aromatic rings. The maximum absolute atomic E-state index is 10.7. The molecule has 0 amide bonds. The summed E-state index contributed by atoms with van der Waals surface area (Å²) >= 11 is 0. The molecule has 0 spiro atoms. The van der Waals surface area contributed by atoms with Gasteiger partial charge in [-0.15, -0.1) is 0 Å². The monoisotopic (exact) mass is 553 g/mol. The molecular weight excluding hydrogens is 529 g/mol. The summed E-state index contributed by atoms with van der Waals surface area (Å²) in [6, 6.07) is 0. The van der Waals surface area contributed by atoms with Gasteiger partial charge < -0.3 is 30.8 Å². The van der Waals surface area contributed by atoms with Gasteiger partial charge in [0, 0.05) is 19.5 Å². The molecule has 27 heavy (non-hydrogen) atoms. The fourth-order valence-corrected chi connectivity index (χ4v) is 0.393. The molecular formula is C7H23F6N5O6RuS2. The first-order valence-electron chi connectivity index (χ1n) is 4.39. The van der Waals surface area contributed by atoms with Gasteiger partial charge >= 0.3 is 31.3 Å². The molecule has 0 saturated carbocycles. The van der Waals surface area contributed by atoms with Crippen molar-refractivity contribution in [1.82, 2.24) is 30.8 Å². The summed E-state index contributed by atoms with van der Waals surface area (Å²) in [5.74, 6) is 0. The van der Waals surface area contributed by atoms with E-state index in [-0.39, 0.29) is 50.2 Å². The molecule has 0 aromatic heterocycles. The van der Waals surface area contributed by atoms with Crippen molar-refractivity contribution in [2.75, 3.05) is 0 Å². The molecule has 0 heterocycles. The SMILES string of the molecule is C1=CCC=C1.N.N.N.N.N.O=S(=O)(O)C(F)(F)F.O=S(=O)(O)C(F)(F)F.[Ru]. The molecule has 0 saturated heterocycles. The van der Waals surface area contributed by atoms with E-state index in [1.54, 1.807) is 0 Å². The van der Waals surface area contributed by atoms with E-state index < -0.39 is 31.3 Å². The third-order valence-corrected chi connectivity index (χ3v) is 2.41. The first-order valence-corrected chi connectivity index (χ1v) is 7.27. The number of rotatable bonds is 0. The van der Waals surface area contributed by atoms with Crippen molar-refractivity contribution in [2.24, 2.45) is 0 Å². The molecule has 0 unspecified atom stereocenters. The minimum Gasteiger partial charge on any atom is -0.344 e. The van der Waals surface area contributed by atoms with Crippen molar-refractivity contribution in [3.8, 4) is 0 Å². The normalized spacial score (nSPS) is 11.6. The zero-order valence-electron chi connectivity index (χ0n) is 13.5. The van der Waals surface area contributed by atoms with Crippen molar-refractivity contribution in [2.45, 2.75) is 17.4 Å². The van der Waals surface area contributed by atoms with Gasteiger partial charge in [-0.25, -0.2) is 0 Å². The topological polar surface area (TPSA) is 284 Å². The molecule has 20 heteroatoms. The number of hydrogen-bond donors (Lipinski definition) is 7. The summed E-state index contributed by atoms with van der Waals surface area (Å²) in [6.45, 7) is 0. The Labute approximate surface area is 164 Å². The van der Waals surface area contributed by atoms with Gasteiger partial charge in [0.2, 0.25) is 0 Å². The van der Waals surface area contributed by atoms with Gasteiger partial charge in [-0.2, -0.15) is 43.2 Å². The fraction of sp³-hybridized carbons (Fsp3) is 0.429. The van der Waals surface area contributed by atoms with Gasteiger partial charge in [-0.1, -0.05) is 24.3 Å². The second kappa shape index (κ2) is 18.7. The van der Waals surface area contributed by atoms with Gasteiger partial charge in [0.25, 0.3) is 0 Å². The summed E-state index contributed by atoms with van der Waals surface area (Å²) < 4.78 is 115. The van der Waals surface area contributed by atoms with E-state index in [1.807, 2.05) is 0 Å². The van der Waals surface area contributed by atoms with Crippen molar-refractivity contribution in [1.29, 1.82) is 0 Å². The Balaban J connectivity index is -0.0000000305. The van der Waals surface area contributed by atoms with Crippen LogP contribution in [0.1, 0.15) is 6.42 Å². The van der Waals surface area contributed by atoms with Crippen LogP contribution in [0.15, 0.2) is 24.3 Å². The van der Waals surface area contributed by atoms with Crippen molar-refractivity contribution in [3.05, 3.63) is 24.3 Å². The Morgan fingerprint density at radius 2 is 0.778 bits per heavy atom. The summed E-state index contributed by atoms with van der Waals surface area (Å²) in [5.41, 5.74) is -11.1. The largest absolute Gasteiger partial charge is 0.522 e. The van der Waals surface area contributed by atoms with Crippen molar-refractivity contribution >= 4 is 20.2 Å². The third-order valence-electron chi connectivity index (χ3n) is 1.24. The molecule has 1 aliphatic carbocycles. The molecule has 0 atom stereocenters. The number of alkyl halides is 6. The second-order valence-electron chi connectivity index (χ2n) is 2.93. The Kier molecular flexibility index (Phi) is 34.7. The Bertz CT molecular complexity index is 540. The Morgan fingerprint density at radius 1 is 0.630 bits per heavy atom. The van der Waals surface area contributed by atoms with E-state index in [1.165, 1.54) is 0 Å². The van der Waals surface area contributed by atoms with E-state index in [9.17, 15) is 26.3 Å². The van der Waals surface area contributed by atoms with Gasteiger partial charge in [0.1, 0.15) is 0 Å². The molecule has 0 aliphatic heterocycles. The van der Waals surface area contributed by atoms with Crippen LogP contribution in [-0.2, 0) is 39.7 Å². The standard InChI is InChI=1S/C5H6.2CHF3O3S.5H3N.Ru/c1-2-4-5-3-1;2*2-1(3,4)8(5,6)7;;;;;;/h1-4H,5H2;2*(H,5,6,7);5*1H3;. The van der Waals surface area contributed by atoms with Gasteiger partial charge in [0.15, 0.2) is 0 Å². The van der Waals surface area contributed by atoms with Crippen LogP contribution < -0.4 is 30.8 Å². The number of halogens is 6. The molecule has 1 rings (SSSR count). The minimum absolute atomic E-state index is 0. The summed E-state index contributed by atoms with van der Waals surface area (Å²) in [5, 5.41) is 0. The van der Waals surface area contributed by atoms with Crippen LogP contribution in [0.3, 0.4) is 0 Å².